The second-order valence-corrected chi connectivity index (χ2v) is 10.5. The predicted molar refractivity (Wildman–Crippen MR) is 153 cm³/mol. The van der Waals surface area contributed by atoms with Crippen LogP contribution < -0.4 is 21.7 Å². The first kappa shape index (κ1) is 29.7. The monoisotopic (exact) mass is 581 g/mol. The number of nitrogens with one attached hydrogen (secondary N) is 1. The van der Waals surface area contributed by atoms with E-state index < -0.39 is 42.1 Å². The fourth-order valence-electron chi connectivity index (χ4n) is 5.00. The number of esters is 1. The Balaban J connectivity index is 1.80. The second-order valence-electron chi connectivity index (χ2n) is 9.72. The van der Waals surface area contributed by atoms with Crippen LogP contribution in [-0.2, 0) is 14.3 Å². The normalized spacial score (nSPS) is 14.2. The van der Waals surface area contributed by atoms with E-state index in [9.17, 15) is 23.6 Å². The Bertz CT molecular complexity index is 1400. The average Bonchev–Trinajstić information content (AvgIpc) is 3.37. The third-order valence-corrected chi connectivity index (χ3v) is 7.88. The maximum Gasteiger partial charge on any atom is 0.325 e. The van der Waals surface area contributed by atoms with E-state index in [-0.39, 0.29) is 28.4 Å². The molecule has 12 heteroatoms. The average molecular weight is 582 g/mol. The van der Waals surface area contributed by atoms with Gasteiger partial charge in [-0.2, -0.15) is 4.37 Å². The van der Waals surface area contributed by atoms with Crippen LogP contribution in [0, 0.1) is 5.82 Å². The molecule has 41 heavy (non-hydrogen) atoms. The lowest BCUT2D eigenvalue weighted by Crippen LogP contribution is -2.45. The second kappa shape index (κ2) is 13.4. The first-order valence-electron chi connectivity index (χ1n) is 13.4. The van der Waals surface area contributed by atoms with Gasteiger partial charge in [-0.25, -0.2) is 4.39 Å². The molecular formula is C29H32FN5O5S. The van der Waals surface area contributed by atoms with Crippen LogP contribution in [0.2, 0.25) is 0 Å². The Labute approximate surface area is 241 Å². The topological polar surface area (TPSA) is 158 Å². The maximum atomic E-state index is 14.1. The number of anilines is 2. The van der Waals surface area contributed by atoms with Gasteiger partial charge in [-0.05, 0) is 72.6 Å². The number of nitrogen functional groups attached to an aromatic ring is 1. The van der Waals surface area contributed by atoms with Gasteiger partial charge in [-0.1, -0.05) is 43.5 Å². The zero-order valence-electron chi connectivity index (χ0n) is 22.6. The molecule has 0 radical (unpaired) electrons. The molecule has 1 aliphatic carbocycles. The number of ether oxygens (including phenoxy) is 1. The number of hydrogen-bond donors (Lipinski definition) is 3. The van der Waals surface area contributed by atoms with Crippen molar-refractivity contribution < 1.29 is 28.3 Å². The molecule has 0 saturated heterocycles. The molecule has 216 valence electrons. The van der Waals surface area contributed by atoms with Gasteiger partial charge in [-0.15, -0.1) is 0 Å². The van der Waals surface area contributed by atoms with Crippen LogP contribution in [0.5, 0.6) is 0 Å². The zero-order chi connectivity index (χ0) is 29.5. The van der Waals surface area contributed by atoms with Crippen LogP contribution in [0.25, 0.3) is 0 Å². The van der Waals surface area contributed by atoms with Crippen LogP contribution in [0.15, 0.2) is 48.5 Å². The van der Waals surface area contributed by atoms with E-state index >= 15 is 0 Å². The Kier molecular flexibility index (Phi) is 9.66. The van der Waals surface area contributed by atoms with Crippen molar-refractivity contribution in [3.63, 3.8) is 0 Å². The van der Waals surface area contributed by atoms with Gasteiger partial charge in [0.15, 0.2) is 5.69 Å². The number of aromatic nitrogens is 1. The Morgan fingerprint density at radius 3 is 2.32 bits per heavy atom. The minimum atomic E-state index is -1.35. The standard InChI is InChI=1S/C29H32FN5O5S/c1-2-40-22(36)16-33-28(38)25(19-8-12-20(30)13-9-19)35(29(39)26-23(31)24(27(32)37)34-41-26)21-14-10-18(11-15-21)17-6-4-3-5-7-17/h8-15,17,25H,2-7,16,31H2,1H3,(H2,32,37)(H,33,38). The number of hydrogen-bond acceptors (Lipinski definition) is 8. The predicted octanol–water partition coefficient (Wildman–Crippen LogP) is 4.08. The largest absolute Gasteiger partial charge is 0.465 e. The number of carbonyl (C=O) groups is 4. The number of rotatable bonds is 10. The van der Waals surface area contributed by atoms with E-state index in [0.717, 1.165) is 31.2 Å². The number of nitrogens with two attached hydrogens (primary N) is 2. The van der Waals surface area contributed by atoms with Crippen molar-refractivity contribution in [2.45, 2.75) is 51.0 Å². The van der Waals surface area contributed by atoms with Crippen LogP contribution in [0.1, 0.15) is 82.3 Å². The summed E-state index contributed by atoms with van der Waals surface area (Å²) in [5.41, 5.74) is 12.8. The lowest BCUT2D eigenvalue weighted by atomic mass is 9.84. The van der Waals surface area contributed by atoms with Gasteiger partial charge < -0.3 is 21.5 Å². The van der Waals surface area contributed by atoms with Crippen molar-refractivity contribution in [1.82, 2.24) is 9.69 Å². The summed E-state index contributed by atoms with van der Waals surface area (Å²) in [5.74, 6) is -3.13. The molecule has 1 heterocycles. The Morgan fingerprint density at radius 2 is 1.73 bits per heavy atom. The van der Waals surface area contributed by atoms with Crippen LogP contribution in [0.4, 0.5) is 15.8 Å². The van der Waals surface area contributed by atoms with Gasteiger partial charge in [0.05, 0.1) is 12.3 Å². The molecule has 0 bridgehead atoms. The smallest absolute Gasteiger partial charge is 0.325 e. The van der Waals surface area contributed by atoms with Gasteiger partial charge in [0.2, 0.25) is 5.91 Å². The minimum absolute atomic E-state index is 0.0968. The molecule has 0 spiro atoms. The first-order chi connectivity index (χ1) is 19.7. The molecule has 1 atom stereocenters. The molecule has 1 aromatic heterocycles. The van der Waals surface area contributed by atoms with E-state index in [4.69, 9.17) is 16.2 Å². The summed E-state index contributed by atoms with van der Waals surface area (Å²) in [6, 6.07) is 11.1. The number of halogens is 1. The van der Waals surface area contributed by atoms with E-state index in [1.54, 1.807) is 19.1 Å². The molecule has 2 aromatic carbocycles. The molecule has 1 unspecified atom stereocenters. The third kappa shape index (κ3) is 6.88. The highest BCUT2D eigenvalue weighted by Crippen LogP contribution is 2.36. The number of benzene rings is 2. The molecular weight excluding hydrogens is 549 g/mol. The van der Waals surface area contributed by atoms with Crippen molar-refractivity contribution in [2.75, 3.05) is 23.8 Å². The fraction of sp³-hybridized carbons (Fsp3) is 0.345. The summed E-state index contributed by atoms with van der Waals surface area (Å²) in [4.78, 5) is 52.7. The number of carbonyl (C=O) groups excluding carboxylic acids is 4. The zero-order valence-corrected chi connectivity index (χ0v) is 23.4. The number of nitrogens with zero attached hydrogens (tertiary/aromatic N) is 2. The first-order valence-corrected chi connectivity index (χ1v) is 14.2. The molecule has 5 N–H and O–H groups in total. The lowest BCUT2D eigenvalue weighted by Gasteiger charge is -2.31. The van der Waals surface area contributed by atoms with Gasteiger partial charge >= 0.3 is 5.97 Å². The van der Waals surface area contributed by atoms with Gasteiger partial charge in [-0.3, -0.25) is 24.1 Å². The SMILES string of the molecule is CCOC(=O)CNC(=O)C(c1ccc(F)cc1)N(C(=O)c1snc(C(N)=O)c1N)c1ccc(C2CCCCC2)cc1. The van der Waals surface area contributed by atoms with E-state index in [1.807, 2.05) is 12.1 Å². The molecule has 4 rings (SSSR count). The van der Waals surface area contributed by atoms with Crippen LogP contribution in [-0.4, -0.2) is 41.2 Å². The molecule has 1 fully saturated rings. The molecule has 1 saturated carbocycles. The van der Waals surface area contributed by atoms with Crippen molar-refractivity contribution in [3.8, 4) is 0 Å². The summed E-state index contributed by atoms with van der Waals surface area (Å²) in [7, 11) is 0. The van der Waals surface area contributed by atoms with Crippen molar-refractivity contribution >= 4 is 46.6 Å². The number of primary amides is 1. The van der Waals surface area contributed by atoms with Gasteiger partial charge in [0.1, 0.15) is 23.3 Å². The summed E-state index contributed by atoms with van der Waals surface area (Å²) in [5, 5.41) is 2.52. The highest BCUT2D eigenvalue weighted by atomic mass is 32.1. The minimum Gasteiger partial charge on any atom is -0.465 e. The highest BCUT2D eigenvalue weighted by Gasteiger charge is 2.36. The van der Waals surface area contributed by atoms with E-state index in [2.05, 4.69) is 9.69 Å². The van der Waals surface area contributed by atoms with Crippen LogP contribution >= 0.6 is 11.5 Å². The summed E-state index contributed by atoms with van der Waals surface area (Å²) < 4.78 is 22.7. The molecule has 1 aliphatic rings. The van der Waals surface area contributed by atoms with Crippen molar-refractivity contribution in [2.24, 2.45) is 5.73 Å². The van der Waals surface area contributed by atoms with E-state index in [0.29, 0.717) is 23.1 Å². The van der Waals surface area contributed by atoms with Crippen LogP contribution in [0.3, 0.4) is 0 Å². The Hall–Kier alpha value is -4.32. The summed E-state index contributed by atoms with van der Waals surface area (Å²) in [6.45, 7) is 1.32. The summed E-state index contributed by atoms with van der Waals surface area (Å²) >= 11 is 0.680. The molecule has 3 amide bonds. The van der Waals surface area contributed by atoms with Gasteiger partial charge in [0, 0.05) is 5.69 Å². The molecule has 3 aromatic rings. The van der Waals surface area contributed by atoms with Crippen molar-refractivity contribution in [1.29, 1.82) is 0 Å². The molecule has 0 aliphatic heterocycles. The third-order valence-electron chi connectivity index (χ3n) is 7.03. The Morgan fingerprint density at radius 1 is 1.07 bits per heavy atom. The lowest BCUT2D eigenvalue weighted by molar-refractivity contribution is -0.143. The highest BCUT2D eigenvalue weighted by molar-refractivity contribution is 7.09. The van der Waals surface area contributed by atoms with E-state index in [1.165, 1.54) is 35.6 Å². The quantitative estimate of drug-likeness (QED) is 0.304. The van der Waals surface area contributed by atoms with Gasteiger partial charge in [0.25, 0.3) is 11.8 Å². The molecule has 10 nitrogen and oxygen atoms in total. The maximum absolute atomic E-state index is 14.1. The summed E-state index contributed by atoms with van der Waals surface area (Å²) in [6.07, 6.45) is 5.66. The van der Waals surface area contributed by atoms with Crippen molar-refractivity contribution in [3.05, 3.63) is 76.0 Å². The number of amides is 3. The fourth-order valence-corrected chi connectivity index (χ4v) is 5.74.